The fourth-order valence-corrected chi connectivity index (χ4v) is 4.00. The summed E-state index contributed by atoms with van der Waals surface area (Å²) in [7, 11) is 0. The van der Waals surface area contributed by atoms with Gasteiger partial charge in [-0.25, -0.2) is 4.79 Å². The van der Waals surface area contributed by atoms with Gasteiger partial charge in [-0.15, -0.1) is 0 Å². The van der Waals surface area contributed by atoms with Crippen molar-refractivity contribution in [3.63, 3.8) is 0 Å². The van der Waals surface area contributed by atoms with E-state index >= 15 is 0 Å². The van der Waals surface area contributed by atoms with Gasteiger partial charge in [-0.3, -0.25) is 4.79 Å². The van der Waals surface area contributed by atoms with Crippen LogP contribution in [-0.4, -0.2) is 22.2 Å². The van der Waals surface area contributed by atoms with E-state index in [0.717, 1.165) is 36.1 Å². The summed E-state index contributed by atoms with van der Waals surface area (Å²) in [6.07, 6.45) is 7.30. The molecular formula is C26H28O5. The maximum absolute atomic E-state index is 12.1. The molecule has 2 unspecified atom stereocenters. The van der Waals surface area contributed by atoms with E-state index in [1.54, 1.807) is 19.1 Å². The summed E-state index contributed by atoms with van der Waals surface area (Å²) in [5, 5.41) is 19.6. The number of benzene rings is 2. The number of aliphatic carboxylic acids is 2. The Balaban J connectivity index is 1.99. The fourth-order valence-electron chi connectivity index (χ4n) is 4.00. The number of hydrogen-bond acceptors (Lipinski definition) is 3. The molecule has 2 aromatic carbocycles. The van der Waals surface area contributed by atoms with Crippen molar-refractivity contribution in [2.24, 2.45) is 5.41 Å². The van der Waals surface area contributed by atoms with Crippen LogP contribution in [0.4, 0.5) is 0 Å². The van der Waals surface area contributed by atoms with E-state index in [1.807, 2.05) is 42.5 Å². The molecule has 2 atom stereocenters. The lowest BCUT2D eigenvalue weighted by Gasteiger charge is -2.34. The van der Waals surface area contributed by atoms with E-state index in [2.05, 4.69) is 6.92 Å². The topological polar surface area (TPSA) is 83.8 Å². The van der Waals surface area contributed by atoms with Crippen molar-refractivity contribution >= 4 is 11.9 Å². The second kappa shape index (κ2) is 9.65. The predicted molar refractivity (Wildman–Crippen MR) is 119 cm³/mol. The predicted octanol–water partition coefficient (Wildman–Crippen LogP) is 5.36. The molecule has 1 aliphatic rings. The number of rotatable bonds is 9. The number of ether oxygens (including phenoxy) is 1. The van der Waals surface area contributed by atoms with Gasteiger partial charge in [0.05, 0.1) is 5.41 Å². The van der Waals surface area contributed by atoms with Gasteiger partial charge in [0.25, 0.3) is 0 Å². The molecule has 3 rings (SSSR count). The van der Waals surface area contributed by atoms with E-state index in [-0.39, 0.29) is 5.57 Å². The molecular weight excluding hydrogens is 392 g/mol. The minimum absolute atomic E-state index is 0.0757. The molecule has 0 saturated carbocycles. The molecule has 162 valence electrons. The van der Waals surface area contributed by atoms with Crippen molar-refractivity contribution in [2.45, 2.75) is 45.6 Å². The van der Waals surface area contributed by atoms with Gasteiger partial charge in [0.1, 0.15) is 12.4 Å². The first-order valence-corrected chi connectivity index (χ1v) is 10.5. The number of hydrogen-bond donors (Lipinski definition) is 2. The maximum atomic E-state index is 12.1. The molecule has 0 heterocycles. The molecule has 0 saturated heterocycles. The smallest absolute Gasteiger partial charge is 0.332 e. The van der Waals surface area contributed by atoms with Crippen LogP contribution in [0.5, 0.6) is 5.75 Å². The Hall–Kier alpha value is -3.34. The van der Waals surface area contributed by atoms with Crippen LogP contribution in [-0.2, 0) is 22.6 Å². The Morgan fingerprint density at radius 1 is 1.10 bits per heavy atom. The number of unbranched alkanes of at least 4 members (excludes halogenated alkanes) is 1. The third-order valence-corrected chi connectivity index (χ3v) is 5.79. The lowest BCUT2D eigenvalue weighted by Crippen LogP contribution is -2.36. The Labute approximate surface area is 182 Å². The highest BCUT2D eigenvalue weighted by Crippen LogP contribution is 2.46. The van der Waals surface area contributed by atoms with Crippen LogP contribution in [0.3, 0.4) is 0 Å². The molecule has 2 N–H and O–H groups in total. The highest BCUT2D eigenvalue weighted by molar-refractivity contribution is 5.93. The molecule has 5 nitrogen and oxygen atoms in total. The fraction of sp³-hybridized carbons (Fsp3) is 0.308. The molecule has 0 fully saturated rings. The van der Waals surface area contributed by atoms with Crippen LogP contribution in [0.1, 0.15) is 49.3 Å². The van der Waals surface area contributed by atoms with Crippen molar-refractivity contribution in [2.75, 3.05) is 0 Å². The van der Waals surface area contributed by atoms with Gasteiger partial charge in [-0.1, -0.05) is 74.0 Å². The van der Waals surface area contributed by atoms with Crippen LogP contribution < -0.4 is 4.74 Å². The summed E-state index contributed by atoms with van der Waals surface area (Å²) in [5.41, 5.74) is 1.41. The molecule has 31 heavy (non-hydrogen) atoms. The summed E-state index contributed by atoms with van der Waals surface area (Å²) in [6.45, 7) is 4.10. The number of carboxylic acids is 2. The average Bonchev–Trinajstić information content (AvgIpc) is 2.77. The van der Waals surface area contributed by atoms with Crippen molar-refractivity contribution in [1.29, 1.82) is 0 Å². The molecule has 1 aliphatic carbocycles. The average molecular weight is 421 g/mol. The standard InChI is InChI=1S/C26H28O5/c1-3-4-11-19-16-20(13-14-22(19)31-17-18-9-6-5-7-10-18)23-21(24(27)28)12-8-15-26(23,2)25(29)30/h5-10,12-16,23H,3-4,11,17H2,1-2H3,(H,27,28)(H,29,30). The van der Waals surface area contributed by atoms with E-state index in [9.17, 15) is 19.8 Å². The third-order valence-electron chi connectivity index (χ3n) is 5.79. The minimum atomic E-state index is -1.35. The molecule has 0 bridgehead atoms. The van der Waals surface area contributed by atoms with Gasteiger partial charge in [0.2, 0.25) is 0 Å². The first kappa shape index (κ1) is 22.3. The van der Waals surface area contributed by atoms with E-state index < -0.39 is 23.3 Å². The van der Waals surface area contributed by atoms with Crippen molar-refractivity contribution in [3.05, 3.63) is 89.0 Å². The highest BCUT2D eigenvalue weighted by atomic mass is 16.5. The largest absolute Gasteiger partial charge is 0.489 e. The third kappa shape index (κ3) is 4.88. The van der Waals surface area contributed by atoms with E-state index in [0.29, 0.717) is 12.2 Å². The molecule has 0 aliphatic heterocycles. The first-order valence-electron chi connectivity index (χ1n) is 10.5. The van der Waals surface area contributed by atoms with Gasteiger partial charge in [0.15, 0.2) is 0 Å². The summed E-state index contributed by atoms with van der Waals surface area (Å²) in [6, 6.07) is 15.4. The zero-order valence-corrected chi connectivity index (χ0v) is 17.9. The second-order valence-electron chi connectivity index (χ2n) is 8.05. The number of carboxylic acid groups (broad SMARTS) is 2. The van der Waals surface area contributed by atoms with Crippen molar-refractivity contribution < 1.29 is 24.5 Å². The summed E-state index contributed by atoms with van der Waals surface area (Å²) in [5.74, 6) is -2.22. The minimum Gasteiger partial charge on any atom is -0.489 e. The number of aryl methyl sites for hydroxylation is 1. The highest BCUT2D eigenvalue weighted by Gasteiger charge is 2.45. The van der Waals surface area contributed by atoms with Crippen LogP contribution >= 0.6 is 0 Å². The first-order chi connectivity index (χ1) is 14.9. The monoisotopic (exact) mass is 420 g/mol. The lowest BCUT2D eigenvalue weighted by atomic mass is 9.67. The second-order valence-corrected chi connectivity index (χ2v) is 8.05. The zero-order chi connectivity index (χ0) is 22.4. The normalized spacial score (nSPS) is 20.2. The van der Waals surface area contributed by atoms with E-state index in [4.69, 9.17) is 4.74 Å². The van der Waals surface area contributed by atoms with Crippen LogP contribution in [0, 0.1) is 5.41 Å². The van der Waals surface area contributed by atoms with Gasteiger partial charge in [0, 0.05) is 11.5 Å². The number of allylic oxidation sites excluding steroid dienone is 2. The van der Waals surface area contributed by atoms with Crippen molar-refractivity contribution in [1.82, 2.24) is 0 Å². The Bertz CT molecular complexity index is 1010. The molecule has 0 aromatic heterocycles. The van der Waals surface area contributed by atoms with Crippen LogP contribution in [0.2, 0.25) is 0 Å². The molecule has 5 heteroatoms. The van der Waals surface area contributed by atoms with Crippen LogP contribution in [0.15, 0.2) is 72.3 Å². The summed E-state index contributed by atoms with van der Waals surface area (Å²) < 4.78 is 6.08. The lowest BCUT2D eigenvalue weighted by molar-refractivity contribution is -0.146. The van der Waals surface area contributed by atoms with Crippen LogP contribution in [0.25, 0.3) is 0 Å². The van der Waals surface area contributed by atoms with Gasteiger partial charge in [-0.2, -0.15) is 0 Å². The molecule has 0 amide bonds. The van der Waals surface area contributed by atoms with Crippen molar-refractivity contribution in [3.8, 4) is 5.75 Å². The summed E-state index contributed by atoms with van der Waals surface area (Å²) >= 11 is 0. The Morgan fingerprint density at radius 3 is 2.48 bits per heavy atom. The quantitative estimate of drug-likeness (QED) is 0.570. The van der Waals surface area contributed by atoms with Gasteiger partial charge >= 0.3 is 11.9 Å². The SMILES string of the molecule is CCCCc1cc(C2C(C(=O)O)=CC=CC2(C)C(=O)O)ccc1OCc1ccccc1. The Kier molecular flexibility index (Phi) is 6.95. The molecule has 0 radical (unpaired) electrons. The Morgan fingerprint density at radius 2 is 1.84 bits per heavy atom. The maximum Gasteiger partial charge on any atom is 0.332 e. The molecule has 0 spiro atoms. The molecule has 2 aromatic rings. The summed E-state index contributed by atoms with van der Waals surface area (Å²) in [4.78, 5) is 24.0. The zero-order valence-electron chi connectivity index (χ0n) is 17.9. The number of carbonyl (C=O) groups is 2. The van der Waals surface area contributed by atoms with E-state index in [1.165, 1.54) is 12.2 Å². The van der Waals surface area contributed by atoms with Gasteiger partial charge in [-0.05, 0) is 42.5 Å². The van der Waals surface area contributed by atoms with Gasteiger partial charge < -0.3 is 14.9 Å².